The first-order valence-corrected chi connectivity index (χ1v) is 7.52. The minimum absolute atomic E-state index is 0.249. The van der Waals surface area contributed by atoms with Crippen LogP contribution in [0.15, 0.2) is 6.20 Å². The Morgan fingerprint density at radius 2 is 1.80 bits per heavy atom. The number of H-pyrrole nitrogens is 1. The fraction of sp³-hybridized carbons (Fsp3) is 0.625. The molecular weight excluding hydrogens is 252 g/mol. The van der Waals surface area contributed by atoms with E-state index in [1.165, 1.54) is 32.1 Å². The van der Waals surface area contributed by atoms with Crippen LogP contribution in [-0.2, 0) is 0 Å². The van der Waals surface area contributed by atoms with Gasteiger partial charge in [-0.1, -0.05) is 0 Å². The van der Waals surface area contributed by atoms with E-state index < -0.39 is 5.97 Å². The lowest BCUT2D eigenvalue weighted by molar-refractivity contribution is -0.00320. The highest BCUT2D eigenvalue weighted by atomic mass is 16.4. The molecule has 4 bridgehead atoms. The number of hydrogen-bond acceptors (Lipinski definition) is 2. The molecule has 0 spiro atoms. The lowest BCUT2D eigenvalue weighted by Crippen LogP contribution is -2.44. The van der Waals surface area contributed by atoms with Crippen LogP contribution in [0.2, 0.25) is 0 Å². The van der Waals surface area contributed by atoms with Gasteiger partial charge < -0.3 is 10.1 Å². The summed E-state index contributed by atoms with van der Waals surface area (Å²) in [6.45, 7) is 0. The van der Waals surface area contributed by atoms with Gasteiger partial charge in [-0.05, 0) is 61.7 Å². The van der Waals surface area contributed by atoms with E-state index in [2.05, 4.69) is 11.1 Å². The second kappa shape index (κ2) is 4.12. The van der Waals surface area contributed by atoms with Gasteiger partial charge in [0.25, 0.3) is 0 Å². The summed E-state index contributed by atoms with van der Waals surface area (Å²) in [5, 5.41) is 18.7. The van der Waals surface area contributed by atoms with Crippen LogP contribution in [0, 0.1) is 35.0 Å². The lowest BCUT2D eigenvalue weighted by Gasteiger charge is -2.54. The van der Waals surface area contributed by atoms with Crippen LogP contribution < -0.4 is 0 Å². The second-order valence-electron chi connectivity index (χ2n) is 6.86. The number of carboxylic acid groups (broad SMARTS) is 1. The topological polar surface area (TPSA) is 76.9 Å². The monoisotopic (exact) mass is 270 g/mol. The van der Waals surface area contributed by atoms with Crippen LogP contribution in [0.25, 0.3) is 0 Å². The zero-order chi connectivity index (χ0) is 13.9. The van der Waals surface area contributed by atoms with Crippen molar-refractivity contribution in [2.75, 3.05) is 0 Å². The SMILES string of the molecule is N#Cc1c[nH]c(C(=O)O)c1C1C2CC3CC(C2)CC1C3. The van der Waals surface area contributed by atoms with Crippen molar-refractivity contribution < 1.29 is 9.90 Å². The molecule has 1 aromatic rings. The Morgan fingerprint density at radius 1 is 1.20 bits per heavy atom. The third kappa shape index (κ3) is 1.56. The van der Waals surface area contributed by atoms with Gasteiger partial charge in [-0.15, -0.1) is 0 Å². The summed E-state index contributed by atoms with van der Waals surface area (Å²) in [5.74, 6) is 2.24. The second-order valence-corrected chi connectivity index (χ2v) is 6.86. The van der Waals surface area contributed by atoms with Gasteiger partial charge in [-0.3, -0.25) is 0 Å². The number of aromatic amines is 1. The number of carbonyl (C=O) groups is 1. The van der Waals surface area contributed by atoms with Crippen molar-refractivity contribution in [3.8, 4) is 6.07 Å². The highest BCUT2D eigenvalue weighted by Crippen LogP contribution is 2.60. The number of nitrogens with one attached hydrogen (secondary N) is 1. The molecule has 0 aliphatic heterocycles. The number of nitrogens with zero attached hydrogens (tertiary/aromatic N) is 1. The van der Waals surface area contributed by atoms with Crippen LogP contribution >= 0.6 is 0 Å². The summed E-state index contributed by atoms with van der Waals surface area (Å²) < 4.78 is 0. The molecule has 0 atom stereocenters. The predicted octanol–water partition coefficient (Wildman–Crippen LogP) is 3.12. The molecule has 1 aromatic heterocycles. The van der Waals surface area contributed by atoms with Crippen molar-refractivity contribution >= 4 is 5.97 Å². The van der Waals surface area contributed by atoms with Gasteiger partial charge in [0.05, 0.1) is 5.56 Å². The Balaban J connectivity index is 1.80. The van der Waals surface area contributed by atoms with Crippen LogP contribution in [0.4, 0.5) is 0 Å². The molecule has 0 radical (unpaired) electrons. The zero-order valence-electron chi connectivity index (χ0n) is 11.3. The minimum Gasteiger partial charge on any atom is -0.477 e. The van der Waals surface area contributed by atoms with Gasteiger partial charge in [-0.2, -0.15) is 5.26 Å². The van der Waals surface area contributed by atoms with Crippen molar-refractivity contribution in [3.63, 3.8) is 0 Å². The van der Waals surface area contributed by atoms with Crippen LogP contribution in [0.3, 0.4) is 0 Å². The smallest absolute Gasteiger partial charge is 0.352 e. The highest BCUT2D eigenvalue weighted by molar-refractivity contribution is 5.88. The van der Waals surface area contributed by atoms with Crippen molar-refractivity contribution in [1.29, 1.82) is 5.26 Å². The molecule has 2 N–H and O–H groups in total. The molecule has 5 rings (SSSR count). The number of hydrogen-bond donors (Lipinski definition) is 2. The van der Waals surface area contributed by atoms with Gasteiger partial charge in [0.2, 0.25) is 0 Å². The first kappa shape index (κ1) is 12.0. The van der Waals surface area contributed by atoms with E-state index in [0.29, 0.717) is 17.4 Å². The maximum Gasteiger partial charge on any atom is 0.352 e. The van der Waals surface area contributed by atoms with Crippen LogP contribution in [-0.4, -0.2) is 16.1 Å². The molecule has 4 aliphatic rings. The van der Waals surface area contributed by atoms with Gasteiger partial charge >= 0.3 is 5.97 Å². The summed E-state index contributed by atoms with van der Waals surface area (Å²) in [6.07, 6.45) is 7.87. The van der Waals surface area contributed by atoms with Gasteiger partial charge in [-0.25, -0.2) is 4.79 Å². The number of nitriles is 1. The Hall–Kier alpha value is -1.76. The fourth-order valence-corrected chi connectivity index (χ4v) is 5.45. The molecular formula is C16H18N2O2. The normalized spacial score (nSPS) is 37.9. The number of aromatic carboxylic acids is 1. The standard InChI is InChI=1S/C16H18N2O2/c17-6-12-7-18-15(16(19)20)14(12)13-10-2-8-1-9(4-10)5-11(13)3-8/h7-11,13,18H,1-5H2,(H,19,20). The Bertz CT molecular complexity index is 582. The molecule has 4 saturated carbocycles. The summed E-state index contributed by atoms with van der Waals surface area (Å²) in [7, 11) is 0. The number of rotatable bonds is 2. The van der Waals surface area contributed by atoms with Crippen LogP contribution in [0.5, 0.6) is 0 Å². The summed E-state index contributed by atoms with van der Waals surface area (Å²) >= 11 is 0. The molecule has 0 aromatic carbocycles. The van der Waals surface area contributed by atoms with E-state index in [1.54, 1.807) is 6.20 Å². The average molecular weight is 270 g/mol. The molecule has 0 amide bonds. The summed E-state index contributed by atoms with van der Waals surface area (Å²) in [4.78, 5) is 14.3. The van der Waals surface area contributed by atoms with E-state index in [1.807, 2.05) is 0 Å². The lowest BCUT2D eigenvalue weighted by atomic mass is 9.50. The van der Waals surface area contributed by atoms with E-state index in [0.717, 1.165) is 17.4 Å². The molecule has 4 heteroatoms. The maximum absolute atomic E-state index is 11.4. The Morgan fingerprint density at radius 3 is 2.30 bits per heavy atom. The minimum atomic E-state index is -0.935. The molecule has 4 aliphatic carbocycles. The predicted molar refractivity (Wildman–Crippen MR) is 72.3 cm³/mol. The first-order valence-electron chi connectivity index (χ1n) is 7.52. The molecule has 4 nitrogen and oxygen atoms in total. The molecule has 0 saturated heterocycles. The Labute approximate surface area is 117 Å². The summed E-state index contributed by atoms with van der Waals surface area (Å²) in [6, 6.07) is 2.19. The Kier molecular flexibility index (Phi) is 2.47. The van der Waals surface area contributed by atoms with Gasteiger partial charge in [0, 0.05) is 11.8 Å². The van der Waals surface area contributed by atoms with E-state index in [9.17, 15) is 15.2 Å². The highest BCUT2D eigenvalue weighted by Gasteiger charge is 2.50. The van der Waals surface area contributed by atoms with Crippen molar-refractivity contribution in [1.82, 2.24) is 4.98 Å². The van der Waals surface area contributed by atoms with Crippen molar-refractivity contribution in [3.05, 3.63) is 23.0 Å². The number of aromatic nitrogens is 1. The molecule has 0 unspecified atom stereocenters. The van der Waals surface area contributed by atoms with E-state index >= 15 is 0 Å². The summed E-state index contributed by atoms with van der Waals surface area (Å²) in [5.41, 5.74) is 1.59. The van der Waals surface area contributed by atoms with E-state index in [4.69, 9.17) is 0 Å². The number of carboxylic acids is 1. The van der Waals surface area contributed by atoms with Gasteiger partial charge in [0.15, 0.2) is 0 Å². The third-order valence-corrected chi connectivity index (χ3v) is 5.81. The molecule has 4 fully saturated rings. The van der Waals surface area contributed by atoms with E-state index in [-0.39, 0.29) is 11.6 Å². The molecule has 104 valence electrons. The average Bonchev–Trinajstić information content (AvgIpc) is 2.81. The van der Waals surface area contributed by atoms with Crippen molar-refractivity contribution in [2.45, 2.75) is 38.0 Å². The first-order chi connectivity index (χ1) is 9.67. The maximum atomic E-state index is 11.4. The third-order valence-electron chi connectivity index (χ3n) is 5.81. The quantitative estimate of drug-likeness (QED) is 0.866. The molecule has 1 heterocycles. The zero-order valence-corrected chi connectivity index (χ0v) is 11.3. The largest absolute Gasteiger partial charge is 0.477 e. The molecule has 20 heavy (non-hydrogen) atoms. The van der Waals surface area contributed by atoms with Gasteiger partial charge in [0.1, 0.15) is 11.8 Å². The fourth-order valence-electron chi connectivity index (χ4n) is 5.45. The van der Waals surface area contributed by atoms with Crippen molar-refractivity contribution in [2.24, 2.45) is 23.7 Å². The van der Waals surface area contributed by atoms with Crippen LogP contribution in [0.1, 0.15) is 59.6 Å².